The quantitative estimate of drug-likeness (QED) is 0.431. The van der Waals surface area contributed by atoms with Gasteiger partial charge in [-0.15, -0.1) is 11.6 Å². The van der Waals surface area contributed by atoms with Crippen LogP contribution in [0.15, 0.2) is 11.6 Å². The number of rotatable bonds is 5. The molecule has 132 valence electrons. The fourth-order valence-electron chi connectivity index (χ4n) is 2.67. The molecule has 1 aliphatic heterocycles. The van der Waals surface area contributed by atoms with Crippen LogP contribution in [0.5, 0.6) is 0 Å². The molecule has 5 nitrogen and oxygen atoms in total. The second-order valence-electron chi connectivity index (χ2n) is 6.72. The number of likely N-dealkylation sites (tertiary alicyclic amines) is 1. The number of halogens is 1. The van der Waals surface area contributed by atoms with Gasteiger partial charge in [0, 0.05) is 18.5 Å². The van der Waals surface area contributed by atoms with Crippen molar-refractivity contribution in [1.29, 1.82) is 0 Å². The Morgan fingerprint density at radius 1 is 1.30 bits per heavy atom. The van der Waals surface area contributed by atoms with Crippen molar-refractivity contribution in [2.75, 3.05) is 19.5 Å². The minimum Gasteiger partial charge on any atom is -0.466 e. The van der Waals surface area contributed by atoms with E-state index in [2.05, 4.69) is 0 Å². The number of amides is 1. The monoisotopic (exact) mass is 345 g/mol. The molecule has 23 heavy (non-hydrogen) atoms. The predicted molar refractivity (Wildman–Crippen MR) is 90.6 cm³/mol. The van der Waals surface area contributed by atoms with Crippen molar-refractivity contribution in [1.82, 2.24) is 4.90 Å². The van der Waals surface area contributed by atoms with E-state index in [1.54, 1.807) is 4.90 Å². The van der Waals surface area contributed by atoms with Gasteiger partial charge in [-0.25, -0.2) is 9.59 Å². The summed E-state index contributed by atoms with van der Waals surface area (Å²) in [5.74, 6) is 0.113. The molecule has 1 heterocycles. The fourth-order valence-corrected chi connectivity index (χ4v) is 2.81. The summed E-state index contributed by atoms with van der Waals surface area (Å²) in [6.45, 7) is 6.19. The summed E-state index contributed by atoms with van der Waals surface area (Å²) in [4.78, 5) is 25.9. The van der Waals surface area contributed by atoms with Crippen LogP contribution >= 0.6 is 11.6 Å². The molecule has 0 bridgehead atoms. The van der Waals surface area contributed by atoms with Crippen molar-refractivity contribution >= 4 is 23.7 Å². The lowest BCUT2D eigenvalue weighted by molar-refractivity contribution is -0.135. The molecule has 0 radical (unpaired) electrons. The Bertz CT molecular complexity index is 442. The topological polar surface area (TPSA) is 55.8 Å². The number of carbonyl (C=O) groups is 2. The van der Waals surface area contributed by atoms with Crippen molar-refractivity contribution in [2.45, 2.75) is 64.5 Å². The van der Waals surface area contributed by atoms with Gasteiger partial charge >= 0.3 is 12.1 Å². The Kier molecular flexibility index (Phi) is 7.89. The highest BCUT2D eigenvalue weighted by molar-refractivity contribution is 6.17. The Morgan fingerprint density at radius 2 is 2.00 bits per heavy atom. The highest BCUT2D eigenvalue weighted by Gasteiger charge is 2.32. The number of methoxy groups -OCH3 is 1. The Labute approximate surface area is 143 Å². The van der Waals surface area contributed by atoms with E-state index >= 15 is 0 Å². The molecule has 1 unspecified atom stereocenters. The number of hydrogen-bond acceptors (Lipinski definition) is 4. The van der Waals surface area contributed by atoms with Gasteiger partial charge in [0.2, 0.25) is 0 Å². The molecule has 1 atom stereocenters. The first-order chi connectivity index (χ1) is 10.8. The zero-order valence-corrected chi connectivity index (χ0v) is 15.3. The minimum atomic E-state index is -0.540. The Balaban J connectivity index is 2.97. The van der Waals surface area contributed by atoms with Gasteiger partial charge in [0.1, 0.15) is 5.60 Å². The van der Waals surface area contributed by atoms with Crippen LogP contribution in [0.2, 0.25) is 0 Å². The molecule has 0 spiro atoms. The van der Waals surface area contributed by atoms with Gasteiger partial charge in [0.15, 0.2) is 0 Å². The zero-order valence-electron chi connectivity index (χ0n) is 14.6. The average Bonchev–Trinajstić information content (AvgIpc) is 2.49. The van der Waals surface area contributed by atoms with E-state index in [0.717, 1.165) is 31.3 Å². The molecular formula is C17H28ClNO4. The third-order valence-corrected chi connectivity index (χ3v) is 3.93. The number of hydrogen-bond donors (Lipinski definition) is 0. The van der Waals surface area contributed by atoms with Crippen molar-refractivity contribution in [3.8, 4) is 0 Å². The largest absolute Gasteiger partial charge is 0.466 e. The molecule has 0 aromatic rings. The summed E-state index contributed by atoms with van der Waals surface area (Å²) < 4.78 is 10.3. The molecule has 0 aliphatic carbocycles. The van der Waals surface area contributed by atoms with Crippen molar-refractivity contribution in [2.24, 2.45) is 0 Å². The Morgan fingerprint density at radius 3 is 2.57 bits per heavy atom. The van der Waals surface area contributed by atoms with Crippen LogP contribution in [0.1, 0.15) is 52.9 Å². The van der Waals surface area contributed by atoms with Crippen molar-refractivity contribution in [3.05, 3.63) is 11.6 Å². The summed E-state index contributed by atoms with van der Waals surface area (Å²) in [6.07, 6.45) is 5.37. The first-order valence-corrected chi connectivity index (χ1v) is 8.66. The van der Waals surface area contributed by atoms with E-state index in [4.69, 9.17) is 21.1 Å². The standard InChI is InChI=1S/C17H28ClNO4/c1-17(2,3)23-16(21)19-11-6-5-9-14(19)13(8-7-10-18)12-15(20)22-4/h12,14H,5-11H2,1-4H3/b13-12+. The third-order valence-electron chi connectivity index (χ3n) is 3.66. The second-order valence-corrected chi connectivity index (χ2v) is 7.10. The molecule has 1 fully saturated rings. The third kappa shape index (κ3) is 6.81. The number of ether oxygens (including phenoxy) is 2. The van der Waals surface area contributed by atoms with Crippen LogP contribution in [-0.4, -0.2) is 48.1 Å². The molecule has 0 saturated carbocycles. The predicted octanol–water partition coefficient (Wildman–Crippen LogP) is 3.89. The molecule has 0 N–H and O–H groups in total. The molecule has 1 aliphatic rings. The second kappa shape index (κ2) is 9.16. The van der Waals surface area contributed by atoms with E-state index in [0.29, 0.717) is 18.8 Å². The van der Waals surface area contributed by atoms with Crippen LogP contribution in [0.3, 0.4) is 0 Å². The fraction of sp³-hybridized carbons (Fsp3) is 0.765. The van der Waals surface area contributed by atoms with Gasteiger partial charge in [0.05, 0.1) is 13.2 Å². The van der Waals surface area contributed by atoms with Crippen LogP contribution in [0, 0.1) is 0 Å². The zero-order chi connectivity index (χ0) is 17.5. The summed E-state index contributed by atoms with van der Waals surface area (Å²) in [5.41, 5.74) is 0.351. The van der Waals surface area contributed by atoms with Crippen LogP contribution in [0.25, 0.3) is 0 Å². The van der Waals surface area contributed by atoms with E-state index < -0.39 is 11.6 Å². The summed E-state index contributed by atoms with van der Waals surface area (Å²) in [5, 5.41) is 0. The maximum atomic E-state index is 12.5. The smallest absolute Gasteiger partial charge is 0.410 e. The van der Waals surface area contributed by atoms with Gasteiger partial charge < -0.3 is 14.4 Å². The number of alkyl halides is 1. The SMILES string of the molecule is COC(=O)/C=C(\CCCCl)C1CCCCN1C(=O)OC(C)(C)C. The number of carbonyl (C=O) groups excluding carboxylic acids is 2. The van der Waals surface area contributed by atoms with Gasteiger partial charge in [0.25, 0.3) is 0 Å². The van der Waals surface area contributed by atoms with E-state index in [1.165, 1.54) is 13.2 Å². The first kappa shape index (κ1) is 19.8. The van der Waals surface area contributed by atoms with Gasteiger partial charge in [-0.05, 0) is 58.4 Å². The maximum Gasteiger partial charge on any atom is 0.410 e. The summed E-state index contributed by atoms with van der Waals surface area (Å²) in [7, 11) is 1.35. The average molecular weight is 346 g/mol. The molecule has 6 heteroatoms. The highest BCUT2D eigenvalue weighted by atomic mass is 35.5. The van der Waals surface area contributed by atoms with Gasteiger partial charge in [-0.1, -0.05) is 0 Å². The van der Waals surface area contributed by atoms with Crippen LogP contribution in [-0.2, 0) is 14.3 Å². The van der Waals surface area contributed by atoms with E-state index in [-0.39, 0.29) is 12.1 Å². The molecule has 1 amide bonds. The first-order valence-electron chi connectivity index (χ1n) is 8.12. The normalized spacial score (nSPS) is 19.4. The number of nitrogens with zero attached hydrogens (tertiary/aromatic N) is 1. The summed E-state index contributed by atoms with van der Waals surface area (Å²) >= 11 is 5.79. The lowest BCUT2D eigenvalue weighted by Crippen LogP contribution is -2.47. The number of esters is 1. The van der Waals surface area contributed by atoms with E-state index in [9.17, 15) is 9.59 Å². The lowest BCUT2D eigenvalue weighted by Gasteiger charge is -2.38. The minimum absolute atomic E-state index is 0.124. The number of piperidine rings is 1. The van der Waals surface area contributed by atoms with Crippen LogP contribution in [0.4, 0.5) is 4.79 Å². The van der Waals surface area contributed by atoms with E-state index in [1.807, 2.05) is 20.8 Å². The van der Waals surface area contributed by atoms with Crippen LogP contribution < -0.4 is 0 Å². The molecule has 1 saturated heterocycles. The molecule has 1 rings (SSSR count). The van der Waals surface area contributed by atoms with Crippen molar-refractivity contribution in [3.63, 3.8) is 0 Å². The van der Waals surface area contributed by atoms with Gasteiger partial charge in [-0.2, -0.15) is 0 Å². The van der Waals surface area contributed by atoms with Crippen molar-refractivity contribution < 1.29 is 19.1 Å². The van der Waals surface area contributed by atoms with Gasteiger partial charge in [-0.3, -0.25) is 0 Å². The summed E-state index contributed by atoms with van der Waals surface area (Å²) in [6, 6.07) is -0.124. The highest BCUT2D eigenvalue weighted by Crippen LogP contribution is 2.28. The molecular weight excluding hydrogens is 318 g/mol. The lowest BCUT2D eigenvalue weighted by atomic mass is 9.92. The molecule has 0 aromatic carbocycles. The molecule has 0 aromatic heterocycles. The Hall–Kier alpha value is -1.23. The maximum absolute atomic E-state index is 12.5.